The molecule has 0 bridgehead atoms. The summed E-state index contributed by atoms with van der Waals surface area (Å²) in [5, 5.41) is 0. The van der Waals surface area contributed by atoms with Crippen LogP contribution in [0.15, 0.2) is 30.3 Å². The molecule has 0 aliphatic carbocycles. The van der Waals surface area contributed by atoms with E-state index < -0.39 is 0 Å². The first-order valence-corrected chi connectivity index (χ1v) is 7.09. The lowest BCUT2D eigenvalue weighted by atomic mass is 9.82. The Morgan fingerprint density at radius 3 is 2.60 bits per heavy atom. The van der Waals surface area contributed by atoms with Gasteiger partial charge < -0.3 is 14.4 Å². The summed E-state index contributed by atoms with van der Waals surface area (Å²) in [6.07, 6.45) is 2.01. The fourth-order valence-electron chi connectivity index (χ4n) is 2.46. The Morgan fingerprint density at radius 2 is 1.95 bits per heavy atom. The SMILES string of the molecule is CN(CC1(C)CCOCC1)C(=O)COc1ccccc1. The van der Waals surface area contributed by atoms with Gasteiger partial charge in [-0.1, -0.05) is 25.1 Å². The van der Waals surface area contributed by atoms with E-state index in [4.69, 9.17) is 9.47 Å². The van der Waals surface area contributed by atoms with Gasteiger partial charge in [0.25, 0.3) is 5.91 Å². The maximum absolute atomic E-state index is 12.1. The average Bonchev–Trinajstić information content (AvgIpc) is 2.46. The second kappa shape index (κ2) is 6.75. The van der Waals surface area contributed by atoms with Crippen LogP contribution in [-0.4, -0.2) is 44.2 Å². The second-order valence-corrected chi connectivity index (χ2v) is 5.77. The molecule has 1 fully saturated rings. The van der Waals surface area contributed by atoms with Crippen molar-refractivity contribution in [1.29, 1.82) is 0 Å². The summed E-state index contributed by atoms with van der Waals surface area (Å²) in [6.45, 7) is 4.65. The number of para-hydroxylation sites is 1. The van der Waals surface area contributed by atoms with Gasteiger partial charge in [0.15, 0.2) is 6.61 Å². The average molecular weight is 277 g/mol. The van der Waals surface area contributed by atoms with Gasteiger partial charge in [-0.25, -0.2) is 0 Å². The smallest absolute Gasteiger partial charge is 0.260 e. The first-order chi connectivity index (χ1) is 9.59. The van der Waals surface area contributed by atoms with E-state index in [1.807, 2.05) is 37.4 Å². The van der Waals surface area contributed by atoms with Gasteiger partial charge in [-0.2, -0.15) is 0 Å². The van der Waals surface area contributed by atoms with Gasteiger partial charge >= 0.3 is 0 Å². The summed E-state index contributed by atoms with van der Waals surface area (Å²) >= 11 is 0. The molecule has 0 N–H and O–H groups in total. The van der Waals surface area contributed by atoms with Crippen molar-refractivity contribution in [3.63, 3.8) is 0 Å². The Bertz CT molecular complexity index is 427. The van der Waals surface area contributed by atoms with Gasteiger partial charge in [-0.3, -0.25) is 4.79 Å². The van der Waals surface area contributed by atoms with Crippen molar-refractivity contribution in [2.75, 3.05) is 33.4 Å². The van der Waals surface area contributed by atoms with Crippen molar-refractivity contribution >= 4 is 5.91 Å². The fraction of sp³-hybridized carbons (Fsp3) is 0.562. The summed E-state index contributed by atoms with van der Waals surface area (Å²) in [5.74, 6) is 0.744. The minimum atomic E-state index is 0.0153. The summed E-state index contributed by atoms with van der Waals surface area (Å²) in [6, 6.07) is 9.42. The Labute approximate surface area is 120 Å². The number of rotatable bonds is 5. The Kier molecular flexibility index (Phi) is 5.01. The number of hydrogen-bond donors (Lipinski definition) is 0. The van der Waals surface area contributed by atoms with Crippen LogP contribution < -0.4 is 4.74 Å². The number of carbonyl (C=O) groups excluding carboxylic acids is 1. The Morgan fingerprint density at radius 1 is 1.30 bits per heavy atom. The topological polar surface area (TPSA) is 38.8 Å². The molecule has 0 saturated carbocycles. The molecule has 0 spiro atoms. The number of amides is 1. The van der Waals surface area contributed by atoms with E-state index in [2.05, 4.69) is 6.92 Å². The van der Waals surface area contributed by atoms with E-state index in [0.29, 0.717) is 0 Å². The normalized spacial score (nSPS) is 17.5. The molecule has 0 unspecified atom stereocenters. The van der Waals surface area contributed by atoms with E-state index in [1.54, 1.807) is 4.90 Å². The zero-order valence-electron chi connectivity index (χ0n) is 12.3. The zero-order chi connectivity index (χ0) is 14.4. The lowest BCUT2D eigenvalue weighted by molar-refractivity contribution is -0.134. The van der Waals surface area contributed by atoms with Crippen molar-refractivity contribution < 1.29 is 14.3 Å². The number of nitrogens with zero attached hydrogens (tertiary/aromatic N) is 1. The van der Waals surface area contributed by atoms with Crippen LogP contribution in [0.3, 0.4) is 0 Å². The van der Waals surface area contributed by atoms with Crippen LogP contribution >= 0.6 is 0 Å². The minimum Gasteiger partial charge on any atom is -0.484 e. The number of carbonyl (C=O) groups is 1. The number of hydrogen-bond acceptors (Lipinski definition) is 3. The van der Waals surface area contributed by atoms with E-state index in [1.165, 1.54) is 0 Å². The molecule has 1 heterocycles. The molecule has 4 heteroatoms. The van der Waals surface area contributed by atoms with E-state index >= 15 is 0 Å². The van der Waals surface area contributed by atoms with Gasteiger partial charge in [0.05, 0.1) is 0 Å². The van der Waals surface area contributed by atoms with Crippen molar-refractivity contribution in [3.05, 3.63) is 30.3 Å². The van der Waals surface area contributed by atoms with Crippen LogP contribution in [0.5, 0.6) is 5.75 Å². The molecule has 110 valence electrons. The predicted molar refractivity (Wildman–Crippen MR) is 77.7 cm³/mol. The van der Waals surface area contributed by atoms with Gasteiger partial charge in [0, 0.05) is 26.8 Å². The summed E-state index contributed by atoms with van der Waals surface area (Å²) < 4.78 is 10.9. The molecule has 1 aliphatic heterocycles. The second-order valence-electron chi connectivity index (χ2n) is 5.77. The van der Waals surface area contributed by atoms with Crippen LogP contribution in [0.1, 0.15) is 19.8 Å². The molecule has 1 amide bonds. The molecule has 1 saturated heterocycles. The van der Waals surface area contributed by atoms with Crippen molar-refractivity contribution in [2.24, 2.45) is 5.41 Å². The first kappa shape index (κ1) is 14.9. The third kappa shape index (κ3) is 4.23. The monoisotopic (exact) mass is 277 g/mol. The predicted octanol–water partition coefficient (Wildman–Crippen LogP) is 2.34. The van der Waals surface area contributed by atoms with Gasteiger partial charge in [-0.15, -0.1) is 0 Å². The third-order valence-corrected chi connectivity index (χ3v) is 3.85. The van der Waals surface area contributed by atoms with Gasteiger partial charge in [0.2, 0.25) is 0 Å². The van der Waals surface area contributed by atoms with Crippen LogP contribution in [-0.2, 0) is 9.53 Å². The zero-order valence-corrected chi connectivity index (χ0v) is 12.3. The molecule has 0 atom stereocenters. The molecule has 4 nitrogen and oxygen atoms in total. The van der Waals surface area contributed by atoms with Crippen LogP contribution in [0.2, 0.25) is 0 Å². The van der Waals surface area contributed by atoms with E-state index in [0.717, 1.165) is 38.3 Å². The van der Waals surface area contributed by atoms with Crippen molar-refractivity contribution in [1.82, 2.24) is 4.90 Å². The van der Waals surface area contributed by atoms with Gasteiger partial charge in [-0.05, 0) is 30.4 Å². The molecule has 20 heavy (non-hydrogen) atoms. The molecule has 1 aromatic rings. The van der Waals surface area contributed by atoms with Gasteiger partial charge in [0.1, 0.15) is 5.75 Å². The molecular formula is C16H23NO3. The highest BCUT2D eigenvalue weighted by atomic mass is 16.5. The molecule has 0 radical (unpaired) electrons. The fourth-order valence-corrected chi connectivity index (χ4v) is 2.46. The molecular weight excluding hydrogens is 254 g/mol. The molecule has 0 aromatic heterocycles. The maximum atomic E-state index is 12.1. The summed E-state index contributed by atoms with van der Waals surface area (Å²) in [4.78, 5) is 13.9. The summed E-state index contributed by atoms with van der Waals surface area (Å²) in [5.41, 5.74) is 0.162. The number of benzene rings is 1. The van der Waals surface area contributed by atoms with E-state index in [-0.39, 0.29) is 17.9 Å². The van der Waals surface area contributed by atoms with Crippen LogP contribution in [0.4, 0.5) is 0 Å². The number of likely N-dealkylation sites (N-methyl/N-ethyl adjacent to an activating group) is 1. The largest absolute Gasteiger partial charge is 0.484 e. The minimum absolute atomic E-state index is 0.0153. The first-order valence-electron chi connectivity index (χ1n) is 7.09. The third-order valence-electron chi connectivity index (χ3n) is 3.85. The maximum Gasteiger partial charge on any atom is 0.260 e. The number of ether oxygens (including phenoxy) is 2. The van der Waals surface area contributed by atoms with Crippen LogP contribution in [0, 0.1) is 5.41 Å². The Hall–Kier alpha value is -1.55. The highest BCUT2D eigenvalue weighted by Gasteiger charge is 2.30. The highest BCUT2D eigenvalue weighted by molar-refractivity contribution is 5.77. The molecule has 1 aromatic carbocycles. The standard InChI is InChI=1S/C16H23NO3/c1-16(8-10-19-11-9-16)13-17(2)15(18)12-20-14-6-4-3-5-7-14/h3-7H,8-13H2,1-2H3. The Balaban J connectivity index is 1.79. The molecule has 2 rings (SSSR count). The highest BCUT2D eigenvalue weighted by Crippen LogP contribution is 2.30. The van der Waals surface area contributed by atoms with Crippen LogP contribution in [0.25, 0.3) is 0 Å². The van der Waals surface area contributed by atoms with Crippen molar-refractivity contribution in [2.45, 2.75) is 19.8 Å². The lowest BCUT2D eigenvalue weighted by Gasteiger charge is -2.36. The summed E-state index contributed by atoms with van der Waals surface area (Å²) in [7, 11) is 1.84. The quantitative estimate of drug-likeness (QED) is 0.829. The van der Waals surface area contributed by atoms with E-state index in [9.17, 15) is 4.79 Å². The van der Waals surface area contributed by atoms with Crippen molar-refractivity contribution in [3.8, 4) is 5.75 Å². The molecule has 1 aliphatic rings. The lowest BCUT2D eigenvalue weighted by Crippen LogP contribution is -2.42.